The van der Waals surface area contributed by atoms with Crippen molar-refractivity contribution in [3.05, 3.63) is 95.6 Å². The van der Waals surface area contributed by atoms with Crippen LogP contribution in [0.1, 0.15) is 48.4 Å². The molecule has 0 aromatic heterocycles. The highest BCUT2D eigenvalue weighted by Gasteiger charge is 2.33. The fourth-order valence-electron chi connectivity index (χ4n) is 3.51. The Balaban J connectivity index is 1.80. The van der Waals surface area contributed by atoms with Gasteiger partial charge >= 0.3 is 0 Å². The Morgan fingerprint density at radius 2 is 1.44 bits per heavy atom. The molecule has 1 atom stereocenters. The molecular formula is C24H24N2O. The largest absolute Gasteiger partial charge is 0.360 e. The van der Waals surface area contributed by atoms with Crippen molar-refractivity contribution in [1.29, 1.82) is 0 Å². The van der Waals surface area contributed by atoms with E-state index in [4.69, 9.17) is 0 Å². The minimum absolute atomic E-state index is 0.0143. The lowest BCUT2D eigenvalue weighted by Crippen LogP contribution is -2.43. The van der Waals surface area contributed by atoms with Crippen LogP contribution in [0.3, 0.4) is 0 Å². The number of para-hydroxylation sites is 2. The van der Waals surface area contributed by atoms with Crippen molar-refractivity contribution in [2.75, 3.05) is 10.2 Å². The highest BCUT2D eigenvalue weighted by molar-refractivity contribution is 6.12. The number of benzene rings is 3. The second-order valence-electron chi connectivity index (χ2n) is 7.98. The summed E-state index contributed by atoms with van der Waals surface area (Å²) in [6.45, 7) is 6.62. The maximum atomic E-state index is 13.3. The van der Waals surface area contributed by atoms with Crippen LogP contribution in [-0.4, -0.2) is 5.91 Å². The van der Waals surface area contributed by atoms with Crippen LogP contribution in [0, 0.1) is 0 Å². The molecule has 4 rings (SSSR count). The summed E-state index contributed by atoms with van der Waals surface area (Å²) >= 11 is 0. The van der Waals surface area contributed by atoms with Crippen LogP contribution >= 0.6 is 0 Å². The standard InChI is InChI=1S/C24H24N2O/c1-24(2,3)18-15-13-17(14-16-18)22-25-21-12-8-7-11-20(21)23(27)26(22)19-9-5-4-6-10-19/h4-16,22,25H,1-3H3/t22-/m0/s1. The number of nitrogens with zero attached hydrogens (tertiary/aromatic N) is 1. The molecule has 0 aliphatic carbocycles. The summed E-state index contributed by atoms with van der Waals surface area (Å²) in [5.74, 6) is 0.0143. The molecule has 1 aliphatic heterocycles. The zero-order valence-corrected chi connectivity index (χ0v) is 15.9. The molecule has 1 amide bonds. The van der Waals surface area contributed by atoms with Crippen molar-refractivity contribution in [1.82, 2.24) is 0 Å². The van der Waals surface area contributed by atoms with E-state index >= 15 is 0 Å². The van der Waals surface area contributed by atoms with E-state index in [2.05, 4.69) is 50.4 Å². The minimum Gasteiger partial charge on any atom is -0.360 e. The molecule has 0 saturated carbocycles. The first-order valence-electron chi connectivity index (χ1n) is 9.30. The van der Waals surface area contributed by atoms with Crippen LogP contribution < -0.4 is 10.2 Å². The fraction of sp³-hybridized carbons (Fsp3) is 0.208. The molecule has 0 spiro atoms. The van der Waals surface area contributed by atoms with Gasteiger partial charge in [-0.25, -0.2) is 0 Å². The molecule has 3 aromatic carbocycles. The van der Waals surface area contributed by atoms with Gasteiger partial charge in [0, 0.05) is 11.4 Å². The van der Waals surface area contributed by atoms with Crippen molar-refractivity contribution in [2.45, 2.75) is 32.4 Å². The van der Waals surface area contributed by atoms with Crippen LogP contribution in [0.5, 0.6) is 0 Å². The van der Waals surface area contributed by atoms with Gasteiger partial charge in [0.05, 0.1) is 5.56 Å². The zero-order chi connectivity index (χ0) is 19.0. The number of anilines is 2. The third kappa shape index (κ3) is 3.21. The number of carbonyl (C=O) groups excluding carboxylic acids is 1. The van der Waals surface area contributed by atoms with Gasteiger partial charge in [-0.15, -0.1) is 0 Å². The van der Waals surface area contributed by atoms with Crippen molar-refractivity contribution in [3.8, 4) is 0 Å². The quantitative estimate of drug-likeness (QED) is 0.633. The van der Waals surface area contributed by atoms with Crippen LogP contribution in [0.25, 0.3) is 0 Å². The topological polar surface area (TPSA) is 32.3 Å². The Labute approximate surface area is 160 Å². The number of nitrogens with one attached hydrogen (secondary N) is 1. The Bertz CT molecular complexity index is 956. The van der Waals surface area contributed by atoms with Crippen LogP contribution in [0.15, 0.2) is 78.9 Å². The molecule has 0 saturated heterocycles. The Morgan fingerprint density at radius 3 is 2.11 bits per heavy atom. The Morgan fingerprint density at radius 1 is 0.815 bits per heavy atom. The summed E-state index contributed by atoms with van der Waals surface area (Å²) in [5, 5.41) is 3.56. The van der Waals surface area contributed by atoms with Crippen LogP contribution in [0.2, 0.25) is 0 Å². The first-order chi connectivity index (χ1) is 12.9. The normalized spacial score (nSPS) is 16.6. The molecule has 1 aliphatic rings. The smallest absolute Gasteiger partial charge is 0.262 e. The van der Waals surface area contributed by atoms with E-state index in [-0.39, 0.29) is 17.5 Å². The predicted molar refractivity (Wildman–Crippen MR) is 111 cm³/mol. The number of fused-ring (bicyclic) bond motifs is 1. The average molecular weight is 356 g/mol. The second kappa shape index (κ2) is 6.58. The summed E-state index contributed by atoms with van der Waals surface area (Å²) in [6.07, 6.45) is -0.246. The highest BCUT2D eigenvalue weighted by Crippen LogP contribution is 2.37. The van der Waals surface area contributed by atoms with Crippen LogP contribution in [-0.2, 0) is 5.41 Å². The maximum absolute atomic E-state index is 13.3. The summed E-state index contributed by atoms with van der Waals surface area (Å²) in [6, 6.07) is 26.1. The van der Waals surface area contributed by atoms with Gasteiger partial charge in [-0.2, -0.15) is 0 Å². The minimum atomic E-state index is -0.246. The third-order valence-electron chi connectivity index (χ3n) is 5.05. The van der Waals surface area contributed by atoms with Crippen molar-refractivity contribution in [2.24, 2.45) is 0 Å². The number of hydrogen-bond acceptors (Lipinski definition) is 2. The van der Waals surface area contributed by atoms with Gasteiger partial charge in [-0.05, 0) is 40.8 Å². The molecule has 3 nitrogen and oxygen atoms in total. The van der Waals surface area contributed by atoms with Gasteiger partial charge < -0.3 is 5.32 Å². The number of hydrogen-bond donors (Lipinski definition) is 1. The third-order valence-corrected chi connectivity index (χ3v) is 5.05. The van der Waals surface area contributed by atoms with Crippen molar-refractivity contribution in [3.63, 3.8) is 0 Å². The number of amides is 1. The molecule has 1 N–H and O–H groups in total. The molecule has 3 heteroatoms. The monoisotopic (exact) mass is 356 g/mol. The SMILES string of the molecule is CC(C)(C)c1ccc([C@H]2Nc3ccccc3C(=O)N2c2ccccc2)cc1. The zero-order valence-electron chi connectivity index (χ0n) is 15.9. The van der Waals surface area contributed by atoms with Crippen molar-refractivity contribution < 1.29 is 4.79 Å². The summed E-state index contributed by atoms with van der Waals surface area (Å²) < 4.78 is 0. The van der Waals surface area contributed by atoms with Crippen LogP contribution in [0.4, 0.5) is 11.4 Å². The van der Waals surface area contributed by atoms with E-state index < -0.39 is 0 Å². The lowest BCUT2D eigenvalue weighted by Gasteiger charge is -2.38. The summed E-state index contributed by atoms with van der Waals surface area (Å²) in [4.78, 5) is 15.2. The highest BCUT2D eigenvalue weighted by atomic mass is 16.2. The van der Waals surface area contributed by atoms with E-state index in [0.717, 1.165) is 16.9 Å². The first-order valence-corrected chi connectivity index (χ1v) is 9.30. The van der Waals surface area contributed by atoms with Gasteiger partial charge in [0.15, 0.2) is 0 Å². The molecule has 136 valence electrons. The number of carbonyl (C=O) groups is 1. The van der Waals surface area contributed by atoms with Gasteiger partial charge in [0.1, 0.15) is 6.17 Å². The molecule has 27 heavy (non-hydrogen) atoms. The average Bonchev–Trinajstić information content (AvgIpc) is 2.68. The lowest BCUT2D eigenvalue weighted by atomic mass is 9.86. The van der Waals surface area contributed by atoms with Gasteiger partial charge in [-0.1, -0.05) is 75.4 Å². The van der Waals surface area contributed by atoms with E-state index in [0.29, 0.717) is 5.56 Å². The van der Waals surface area contributed by atoms with E-state index in [9.17, 15) is 4.79 Å². The fourth-order valence-corrected chi connectivity index (χ4v) is 3.51. The first kappa shape index (κ1) is 17.3. The summed E-state index contributed by atoms with van der Waals surface area (Å²) in [5.41, 5.74) is 4.90. The van der Waals surface area contributed by atoms with E-state index in [1.165, 1.54) is 5.56 Å². The molecule has 0 bridgehead atoms. The second-order valence-corrected chi connectivity index (χ2v) is 7.98. The van der Waals surface area contributed by atoms with Gasteiger partial charge in [0.25, 0.3) is 5.91 Å². The van der Waals surface area contributed by atoms with E-state index in [1.807, 2.05) is 59.5 Å². The lowest BCUT2D eigenvalue weighted by molar-refractivity contribution is 0.0975. The predicted octanol–water partition coefficient (Wildman–Crippen LogP) is 5.76. The van der Waals surface area contributed by atoms with E-state index in [1.54, 1.807) is 0 Å². The van der Waals surface area contributed by atoms with Crippen molar-refractivity contribution >= 4 is 17.3 Å². The Hall–Kier alpha value is -3.07. The molecular weight excluding hydrogens is 332 g/mol. The van der Waals surface area contributed by atoms with Gasteiger partial charge in [0.2, 0.25) is 0 Å². The molecule has 1 heterocycles. The molecule has 3 aromatic rings. The Kier molecular flexibility index (Phi) is 4.23. The molecule has 0 fully saturated rings. The van der Waals surface area contributed by atoms with Gasteiger partial charge in [-0.3, -0.25) is 9.69 Å². The number of rotatable bonds is 2. The molecule has 0 unspecified atom stereocenters. The maximum Gasteiger partial charge on any atom is 0.262 e. The molecule has 0 radical (unpaired) electrons. The summed E-state index contributed by atoms with van der Waals surface area (Å²) in [7, 11) is 0.